The zero-order chi connectivity index (χ0) is 17.7. The Morgan fingerprint density at radius 2 is 1.31 bits per heavy atom. The Morgan fingerprint density at radius 3 is 1.69 bits per heavy atom. The van der Waals surface area contributed by atoms with E-state index in [2.05, 4.69) is 86.5 Å². The summed E-state index contributed by atoms with van der Waals surface area (Å²) in [5.41, 5.74) is 3.36. The average Bonchev–Trinajstić information content (AvgIpc) is 2.65. The Bertz CT molecular complexity index is 592. The van der Waals surface area contributed by atoms with Crippen molar-refractivity contribution in [2.24, 2.45) is 5.41 Å². The second-order valence-electron chi connectivity index (χ2n) is 7.82. The summed E-state index contributed by atoms with van der Waals surface area (Å²) in [7, 11) is 2.31. The lowest BCUT2D eigenvalue weighted by atomic mass is 9.57. The molecule has 0 radical (unpaired) electrons. The number of piperidine rings is 1. The molecule has 0 amide bonds. The van der Waals surface area contributed by atoms with Gasteiger partial charge in [-0.25, -0.2) is 0 Å². The van der Waals surface area contributed by atoms with Gasteiger partial charge in [-0.3, -0.25) is 0 Å². The third-order valence-electron chi connectivity index (χ3n) is 6.35. The molecule has 26 heavy (non-hydrogen) atoms. The smallest absolute Gasteiger partial charge is 0.00467 e. The van der Waals surface area contributed by atoms with Crippen LogP contribution in [0.1, 0.15) is 62.5 Å². The molecule has 3 rings (SSSR count). The number of likely N-dealkylation sites (tertiary alicyclic amines) is 1. The zero-order valence-electron chi connectivity index (χ0n) is 16.5. The molecule has 2 aromatic carbocycles. The summed E-state index contributed by atoms with van der Waals surface area (Å²) >= 11 is 0. The van der Waals surface area contributed by atoms with Crippen molar-refractivity contribution >= 4 is 0 Å². The van der Waals surface area contributed by atoms with E-state index in [4.69, 9.17) is 0 Å². The van der Waals surface area contributed by atoms with Crippen molar-refractivity contribution < 1.29 is 17.0 Å². The monoisotopic (exact) mass is 414 g/mol. The van der Waals surface area contributed by atoms with Gasteiger partial charge in [-0.05, 0) is 67.7 Å². The van der Waals surface area contributed by atoms with Gasteiger partial charge in [0.05, 0.1) is 0 Å². The van der Waals surface area contributed by atoms with Gasteiger partial charge in [0.25, 0.3) is 0 Å². The van der Waals surface area contributed by atoms with Crippen molar-refractivity contribution in [1.82, 2.24) is 4.90 Å². The van der Waals surface area contributed by atoms with Gasteiger partial charge in [0.2, 0.25) is 0 Å². The molecule has 142 valence electrons. The molecule has 0 spiro atoms. The van der Waals surface area contributed by atoms with Crippen LogP contribution in [0.25, 0.3) is 0 Å². The Labute approximate surface area is 170 Å². The molecule has 2 atom stereocenters. The van der Waals surface area contributed by atoms with Crippen LogP contribution in [0.5, 0.6) is 0 Å². The molecule has 1 fully saturated rings. The maximum absolute atomic E-state index is 2.57. The minimum absolute atomic E-state index is 0. The molecule has 0 N–H and O–H groups in total. The van der Waals surface area contributed by atoms with Crippen molar-refractivity contribution in [3.8, 4) is 0 Å². The molecular weight excluding hydrogens is 382 g/mol. The topological polar surface area (TPSA) is 3.24 Å². The molecule has 2 unspecified atom stereocenters. The quantitative estimate of drug-likeness (QED) is 0.701. The van der Waals surface area contributed by atoms with E-state index in [0.717, 1.165) is 0 Å². The molecule has 1 heterocycles. The van der Waals surface area contributed by atoms with Gasteiger partial charge in [-0.2, -0.15) is 0 Å². The minimum atomic E-state index is 0. The van der Waals surface area contributed by atoms with E-state index in [0.29, 0.717) is 17.3 Å². The van der Waals surface area contributed by atoms with Crippen molar-refractivity contribution in [2.75, 3.05) is 20.1 Å². The lowest BCUT2D eigenvalue weighted by molar-refractivity contribution is -0.00000596. The number of halogens is 1. The molecule has 0 saturated carbocycles. The summed E-state index contributed by atoms with van der Waals surface area (Å²) in [5.74, 6) is 1.23. The van der Waals surface area contributed by atoms with E-state index < -0.39 is 0 Å². The van der Waals surface area contributed by atoms with Crippen molar-refractivity contribution in [3.05, 3.63) is 71.8 Å². The van der Waals surface area contributed by atoms with Gasteiger partial charge in [-0.15, -0.1) is 0 Å². The van der Waals surface area contributed by atoms with E-state index in [-0.39, 0.29) is 17.0 Å². The Hall–Kier alpha value is -1.12. The third-order valence-corrected chi connectivity index (χ3v) is 6.35. The maximum atomic E-state index is 2.57. The molecule has 0 aliphatic carbocycles. The van der Waals surface area contributed by atoms with Crippen molar-refractivity contribution in [1.29, 1.82) is 0 Å². The van der Waals surface area contributed by atoms with Crippen LogP contribution in [0.3, 0.4) is 0 Å². The SMILES string of the molecule is CCC(c1ccccc1)C1(C(CC)c2ccccc2)CCCN(C)C1.[Br-]. The van der Waals surface area contributed by atoms with Crippen LogP contribution in [0.2, 0.25) is 0 Å². The summed E-state index contributed by atoms with van der Waals surface area (Å²) in [5, 5.41) is 0. The predicted molar refractivity (Wildman–Crippen MR) is 108 cm³/mol. The van der Waals surface area contributed by atoms with Crippen LogP contribution >= 0.6 is 0 Å². The first-order valence-corrected chi connectivity index (χ1v) is 9.99. The van der Waals surface area contributed by atoms with E-state index in [1.54, 1.807) is 0 Å². The van der Waals surface area contributed by atoms with Crippen LogP contribution in [-0.4, -0.2) is 25.0 Å². The number of benzene rings is 2. The number of hydrogen-bond donors (Lipinski definition) is 0. The fourth-order valence-corrected chi connectivity index (χ4v) is 5.47. The van der Waals surface area contributed by atoms with Gasteiger partial charge >= 0.3 is 0 Å². The summed E-state index contributed by atoms with van der Waals surface area (Å²) in [4.78, 5) is 2.57. The van der Waals surface area contributed by atoms with Crippen LogP contribution < -0.4 is 17.0 Å². The van der Waals surface area contributed by atoms with Gasteiger partial charge in [0, 0.05) is 6.54 Å². The summed E-state index contributed by atoms with van der Waals surface area (Å²) < 4.78 is 0. The second kappa shape index (κ2) is 9.71. The van der Waals surface area contributed by atoms with Gasteiger partial charge < -0.3 is 21.9 Å². The first-order valence-electron chi connectivity index (χ1n) is 9.99. The van der Waals surface area contributed by atoms with Crippen LogP contribution in [0.4, 0.5) is 0 Å². The number of nitrogens with zero attached hydrogens (tertiary/aromatic N) is 1. The highest BCUT2D eigenvalue weighted by Crippen LogP contribution is 2.54. The summed E-state index contributed by atoms with van der Waals surface area (Å²) in [6.07, 6.45) is 5.06. The zero-order valence-corrected chi connectivity index (χ0v) is 18.1. The summed E-state index contributed by atoms with van der Waals surface area (Å²) in [6, 6.07) is 22.5. The lowest BCUT2D eigenvalue weighted by Gasteiger charge is -2.52. The predicted octanol–water partition coefficient (Wildman–Crippen LogP) is 3.09. The molecule has 1 aliphatic heterocycles. The number of rotatable bonds is 6. The van der Waals surface area contributed by atoms with Gasteiger partial charge in [0.15, 0.2) is 0 Å². The fraction of sp³-hybridized carbons (Fsp3) is 0.500. The molecule has 2 aromatic rings. The van der Waals surface area contributed by atoms with Crippen LogP contribution in [0, 0.1) is 5.41 Å². The van der Waals surface area contributed by atoms with E-state index in [9.17, 15) is 0 Å². The molecule has 2 heteroatoms. The van der Waals surface area contributed by atoms with E-state index >= 15 is 0 Å². The molecule has 1 saturated heterocycles. The van der Waals surface area contributed by atoms with E-state index in [1.165, 1.54) is 49.9 Å². The Kier molecular flexibility index (Phi) is 7.91. The maximum Gasteiger partial charge on any atom is 0.00467 e. The minimum Gasteiger partial charge on any atom is -1.00 e. The molecule has 0 aromatic heterocycles. The van der Waals surface area contributed by atoms with Crippen molar-refractivity contribution in [3.63, 3.8) is 0 Å². The molecular formula is C24H33BrN-. The van der Waals surface area contributed by atoms with Crippen molar-refractivity contribution in [2.45, 2.75) is 51.4 Å². The van der Waals surface area contributed by atoms with Gasteiger partial charge in [0.1, 0.15) is 0 Å². The van der Waals surface area contributed by atoms with Gasteiger partial charge in [-0.1, -0.05) is 74.5 Å². The van der Waals surface area contributed by atoms with E-state index in [1.807, 2.05) is 0 Å². The molecule has 1 aliphatic rings. The van der Waals surface area contributed by atoms with Crippen LogP contribution in [0.15, 0.2) is 60.7 Å². The largest absolute Gasteiger partial charge is 1.00 e. The number of hydrogen-bond acceptors (Lipinski definition) is 1. The standard InChI is InChI=1S/C24H33N.BrH/c1-4-22(20-13-8-6-9-14-20)24(17-12-18-25(3)19-24)23(5-2)21-15-10-7-11-16-21;/h6-11,13-16,22-23H,4-5,12,17-19H2,1-3H3;1H/p-1. The molecule has 0 bridgehead atoms. The molecule has 1 nitrogen and oxygen atoms in total. The lowest BCUT2D eigenvalue weighted by Crippen LogP contribution is -3.00. The fourth-order valence-electron chi connectivity index (χ4n) is 5.47. The highest BCUT2D eigenvalue weighted by Gasteiger charge is 2.46. The third kappa shape index (κ3) is 4.23. The highest BCUT2D eigenvalue weighted by molar-refractivity contribution is 5.29. The highest BCUT2D eigenvalue weighted by atomic mass is 79.9. The average molecular weight is 415 g/mol. The van der Waals surface area contributed by atoms with Crippen LogP contribution in [-0.2, 0) is 0 Å². The second-order valence-corrected chi connectivity index (χ2v) is 7.82. The Balaban J connectivity index is 0.00000243. The first kappa shape index (κ1) is 21.2. The first-order chi connectivity index (χ1) is 12.2. The Morgan fingerprint density at radius 1 is 0.846 bits per heavy atom. The summed E-state index contributed by atoms with van der Waals surface area (Å²) in [6.45, 7) is 7.20. The normalized spacial score (nSPS) is 23.0.